The molecule has 0 atom stereocenters. The Morgan fingerprint density at radius 3 is 2.90 bits per heavy atom. The van der Waals surface area contributed by atoms with E-state index in [1.165, 1.54) is 11.8 Å². The van der Waals surface area contributed by atoms with Crippen LogP contribution in [0.2, 0.25) is 0 Å². The van der Waals surface area contributed by atoms with Gasteiger partial charge in [-0.15, -0.1) is 0 Å². The highest BCUT2D eigenvalue weighted by molar-refractivity contribution is 7.99. The van der Waals surface area contributed by atoms with E-state index in [9.17, 15) is 0 Å². The van der Waals surface area contributed by atoms with E-state index in [-0.39, 0.29) is 0 Å². The summed E-state index contributed by atoms with van der Waals surface area (Å²) < 4.78 is 1.74. The van der Waals surface area contributed by atoms with E-state index >= 15 is 0 Å². The molecule has 3 aromatic rings. The highest BCUT2D eigenvalue weighted by Gasteiger charge is 2.11. The van der Waals surface area contributed by atoms with E-state index in [0.717, 1.165) is 33.1 Å². The van der Waals surface area contributed by atoms with Gasteiger partial charge in [-0.25, -0.2) is 14.6 Å². The van der Waals surface area contributed by atoms with Crippen LogP contribution in [0.1, 0.15) is 5.56 Å². The molecule has 0 radical (unpaired) electrons. The van der Waals surface area contributed by atoms with Crippen molar-refractivity contribution < 1.29 is 0 Å². The lowest BCUT2D eigenvalue weighted by Crippen LogP contribution is -2.05. The monoisotopic (exact) mass is 285 g/mol. The Kier molecular flexibility index (Phi) is 3.66. The van der Waals surface area contributed by atoms with Crippen LogP contribution >= 0.6 is 11.8 Å². The van der Waals surface area contributed by atoms with Crippen molar-refractivity contribution >= 4 is 22.7 Å². The normalized spacial score (nSPS) is 11.1. The van der Waals surface area contributed by atoms with Gasteiger partial charge in [0.2, 0.25) is 0 Å². The van der Waals surface area contributed by atoms with Crippen molar-refractivity contribution in [1.29, 1.82) is 0 Å². The summed E-state index contributed by atoms with van der Waals surface area (Å²) in [5.74, 6) is 0. The van der Waals surface area contributed by atoms with Crippen molar-refractivity contribution in [3.8, 4) is 0 Å². The fourth-order valence-electron chi connectivity index (χ4n) is 2.03. The third-order valence-electron chi connectivity index (χ3n) is 3.03. The van der Waals surface area contributed by atoms with Gasteiger partial charge >= 0.3 is 0 Å². The van der Waals surface area contributed by atoms with Crippen LogP contribution in [-0.2, 0) is 13.5 Å². The quantitative estimate of drug-likeness (QED) is 0.794. The van der Waals surface area contributed by atoms with Gasteiger partial charge in [-0.3, -0.25) is 0 Å². The Morgan fingerprint density at radius 2 is 2.15 bits per heavy atom. The molecule has 0 saturated heterocycles. The first-order valence-corrected chi connectivity index (χ1v) is 7.20. The number of fused-ring (bicyclic) bond motifs is 1. The molecule has 1 aromatic carbocycles. The van der Waals surface area contributed by atoms with Crippen molar-refractivity contribution in [2.45, 2.75) is 16.6 Å². The Balaban J connectivity index is 2.07. The zero-order valence-corrected chi connectivity index (χ0v) is 12.0. The van der Waals surface area contributed by atoms with Gasteiger partial charge in [-0.1, -0.05) is 18.2 Å². The number of hydrogen-bond acceptors (Lipinski definition) is 5. The molecule has 6 heteroatoms. The minimum absolute atomic E-state index is 0.604. The average Bonchev–Trinajstić information content (AvgIpc) is 2.85. The van der Waals surface area contributed by atoms with Gasteiger partial charge in [0.05, 0.1) is 5.52 Å². The van der Waals surface area contributed by atoms with Crippen LogP contribution < -0.4 is 5.73 Å². The molecule has 0 fully saturated rings. The molecule has 0 amide bonds. The molecule has 2 aromatic heterocycles. The predicted molar refractivity (Wildman–Crippen MR) is 79.6 cm³/mol. The molecular weight excluding hydrogens is 270 g/mol. The number of nitrogens with two attached hydrogens (primary N) is 1. The highest BCUT2D eigenvalue weighted by Crippen LogP contribution is 2.29. The molecular formula is C14H15N5S. The van der Waals surface area contributed by atoms with Crippen LogP contribution in [-0.4, -0.2) is 26.3 Å². The molecule has 20 heavy (non-hydrogen) atoms. The molecule has 2 N–H and O–H groups in total. The summed E-state index contributed by atoms with van der Waals surface area (Å²) in [6.07, 6.45) is 2.35. The zero-order valence-electron chi connectivity index (χ0n) is 11.2. The molecule has 0 aliphatic rings. The van der Waals surface area contributed by atoms with Gasteiger partial charge in [0.15, 0.2) is 5.16 Å². The molecule has 2 heterocycles. The first-order chi connectivity index (χ1) is 9.78. The first-order valence-electron chi connectivity index (χ1n) is 6.38. The summed E-state index contributed by atoms with van der Waals surface area (Å²) in [6, 6.07) is 10.3. The summed E-state index contributed by atoms with van der Waals surface area (Å²) in [6.45, 7) is 0.604. The maximum Gasteiger partial charge on any atom is 0.192 e. The molecule has 0 unspecified atom stereocenters. The molecule has 0 saturated carbocycles. The van der Waals surface area contributed by atoms with Gasteiger partial charge in [-0.2, -0.15) is 5.10 Å². The van der Waals surface area contributed by atoms with E-state index in [0.29, 0.717) is 6.54 Å². The third-order valence-corrected chi connectivity index (χ3v) is 4.13. The van der Waals surface area contributed by atoms with Crippen LogP contribution in [0.25, 0.3) is 10.9 Å². The van der Waals surface area contributed by atoms with Crippen LogP contribution in [0.3, 0.4) is 0 Å². The van der Waals surface area contributed by atoms with Crippen molar-refractivity contribution in [1.82, 2.24) is 19.7 Å². The highest BCUT2D eigenvalue weighted by atomic mass is 32.2. The lowest BCUT2D eigenvalue weighted by molar-refractivity contribution is 0.684. The lowest BCUT2D eigenvalue weighted by Gasteiger charge is -2.09. The first kappa shape index (κ1) is 13.1. The van der Waals surface area contributed by atoms with Gasteiger partial charge in [0.25, 0.3) is 0 Å². The Morgan fingerprint density at radius 1 is 1.30 bits per heavy atom. The number of aryl methyl sites for hydroxylation is 1. The smallest absolute Gasteiger partial charge is 0.192 e. The fraction of sp³-hybridized carbons (Fsp3) is 0.214. The second-order valence-electron chi connectivity index (χ2n) is 4.45. The Hall–Kier alpha value is -1.92. The molecule has 0 spiro atoms. The number of nitrogens with zero attached hydrogens (tertiary/aromatic N) is 4. The van der Waals surface area contributed by atoms with Crippen LogP contribution in [0.5, 0.6) is 0 Å². The number of pyridine rings is 1. The molecule has 0 aliphatic heterocycles. The minimum Gasteiger partial charge on any atom is -0.330 e. The van der Waals surface area contributed by atoms with Gasteiger partial charge < -0.3 is 5.73 Å². The second-order valence-corrected chi connectivity index (χ2v) is 5.41. The van der Waals surface area contributed by atoms with E-state index in [4.69, 9.17) is 10.7 Å². The standard InChI is InChI=1S/C14H15N5S/c1-19-14(16-9-17-19)20-13-11(6-7-15)8-10-4-2-3-5-12(10)18-13/h2-5,8-9H,6-7,15H2,1H3. The van der Waals surface area contributed by atoms with Crippen LogP contribution in [0, 0.1) is 0 Å². The van der Waals surface area contributed by atoms with Crippen molar-refractivity contribution in [3.05, 3.63) is 42.2 Å². The van der Waals surface area contributed by atoms with Crippen molar-refractivity contribution in [2.75, 3.05) is 6.54 Å². The molecule has 3 rings (SSSR count). The van der Waals surface area contributed by atoms with Crippen molar-refractivity contribution in [3.63, 3.8) is 0 Å². The Bertz CT molecular complexity index is 737. The summed E-state index contributed by atoms with van der Waals surface area (Å²) in [5, 5.41) is 6.99. The molecule has 102 valence electrons. The number of para-hydroxylation sites is 1. The third kappa shape index (κ3) is 2.52. The Labute approximate surface area is 121 Å². The second kappa shape index (κ2) is 5.60. The summed E-state index contributed by atoms with van der Waals surface area (Å²) in [5.41, 5.74) is 7.84. The topological polar surface area (TPSA) is 69.6 Å². The molecule has 5 nitrogen and oxygen atoms in total. The summed E-state index contributed by atoms with van der Waals surface area (Å²) >= 11 is 1.52. The van der Waals surface area contributed by atoms with Crippen molar-refractivity contribution in [2.24, 2.45) is 12.8 Å². The van der Waals surface area contributed by atoms with Crippen LogP contribution in [0.15, 0.2) is 46.8 Å². The molecule has 0 bridgehead atoms. The zero-order chi connectivity index (χ0) is 13.9. The summed E-state index contributed by atoms with van der Waals surface area (Å²) in [4.78, 5) is 8.97. The number of benzene rings is 1. The number of rotatable bonds is 4. The maximum atomic E-state index is 5.71. The predicted octanol–water partition coefficient (Wildman–Crippen LogP) is 2.02. The van der Waals surface area contributed by atoms with Crippen LogP contribution in [0.4, 0.5) is 0 Å². The summed E-state index contributed by atoms with van der Waals surface area (Å²) in [7, 11) is 1.87. The van der Waals surface area contributed by atoms with Gasteiger partial charge in [0, 0.05) is 12.4 Å². The van der Waals surface area contributed by atoms with E-state index < -0.39 is 0 Å². The number of aromatic nitrogens is 4. The van der Waals surface area contributed by atoms with E-state index in [1.807, 2.05) is 25.2 Å². The SMILES string of the molecule is Cn1ncnc1Sc1nc2ccccc2cc1CCN. The minimum atomic E-state index is 0.604. The maximum absolute atomic E-state index is 5.71. The van der Waals surface area contributed by atoms with Gasteiger partial charge in [0.1, 0.15) is 11.4 Å². The van der Waals surface area contributed by atoms with Gasteiger partial charge in [-0.05, 0) is 42.4 Å². The fourth-order valence-corrected chi connectivity index (χ4v) is 2.92. The van der Waals surface area contributed by atoms with E-state index in [1.54, 1.807) is 11.0 Å². The number of hydrogen-bond donors (Lipinski definition) is 1. The van der Waals surface area contributed by atoms with E-state index in [2.05, 4.69) is 22.2 Å². The molecule has 0 aliphatic carbocycles. The lowest BCUT2D eigenvalue weighted by atomic mass is 10.1. The average molecular weight is 285 g/mol. The largest absolute Gasteiger partial charge is 0.330 e.